The SMILES string of the molecule is CCOC(=O)N1CCN(CC(=O)Nc2ncc(Cc3cccc(C)c3)s2)CC1. The third-order valence-electron chi connectivity index (χ3n) is 4.53. The summed E-state index contributed by atoms with van der Waals surface area (Å²) in [4.78, 5) is 33.2. The Balaban J connectivity index is 1.44. The Morgan fingerprint density at radius 1 is 1.25 bits per heavy atom. The zero-order chi connectivity index (χ0) is 19.9. The van der Waals surface area contributed by atoms with Gasteiger partial charge in [0, 0.05) is 43.7 Å². The zero-order valence-electron chi connectivity index (χ0n) is 16.3. The molecule has 1 aliphatic heterocycles. The Labute approximate surface area is 169 Å². The second-order valence-corrected chi connectivity index (χ2v) is 7.92. The molecule has 8 heteroatoms. The number of piperazine rings is 1. The van der Waals surface area contributed by atoms with E-state index >= 15 is 0 Å². The standard InChI is InChI=1S/C20H26N4O3S/c1-3-27-20(26)24-9-7-23(8-10-24)14-18(25)22-19-21-13-17(28-19)12-16-6-4-5-15(2)11-16/h4-6,11,13H,3,7-10,12,14H2,1-2H3,(H,21,22,25). The number of carbonyl (C=O) groups excluding carboxylic acids is 2. The van der Waals surface area contributed by atoms with Crippen LogP contribution in [0, 0.1) is 6.92 Å². The van der Waals surface area contributed by atoms with Crippen molar-refractivity contribution in [3.8, 4) is 0 Å². The summed E-state index contributed by atoms with van der Waals surface area (Å²) in [7, 11) is 0. The first kappa shape index (κ1) is 20.3. The highest BCUT2D eigenvalue weighted by atomic mass is 32.1. The van der Waals surface area contributed by atoms with Crippen molar-refractivity contribution in [2.45, 2.75) is 20.3 Å². The average Bonchev–Trinajstić information content (AvgIpc) is 3.09. The molecule has 28 heavy (non-hydrogen) atoms. The van der Waals surface area contributed by atoms with Crippen molar-refractivity contribution >= 4 is 28.5 Å². The van der Waals surface area contributed by atoms with Gasteiger partial charge in [0.15, 0.2) is 5.13 Å². The molecule has 1 aromatic heterocycles. The number of rotatable bonds is 6. The Kier molecular flexibility index (Phi) is 7.00. The number of thiazole rings is 1. The number of nitrogens with one attached hydrogen (secondary N) is 1. The van der Waals surface area contributed by atoms with Crippen LogP contribution in [-0.4, -0.2) is 66.1 Å². The maximum absolute atomic E-state index is 12.3. The van der Waals surface area contributed by atoms with Crippen molar-refractivity contribution in [1.82, 2.24) is 14.8 Å². The number of amides is 2. The van der Waals surface area contributed by atoms with Crippen LogP contribution in [0.25, 0.3) is 0 Å². The van der Waals surface area contributed by atoms with Gasteiger partial charge in [-0.05, 0) is 19.4 Å². The van der Waals surface area contributed by atoms with Crippen LogP contribution in [0.15, 0.2) is 30.5 Å². The summed E-state index contributed by atoms with van der Waals surface area (Å²) in [6.45, 7) is 7.00. The van der Waals surface area contributed by atoms with Gasteiger partial charge in [0.2, 0.25) is 5.91 Å². The normalized spacial score (nSPS) is 14.7. The van der Waals surface area contributed by atoms with Gasteiger partial charge in [-0.2, -0.15) is 0 Å². The van der Waals surface area contributed by atoms with Crippen LogP contribution in [0.1, 0.15) is 22.9 Å². The topological polar surface area (TPSA) is 74.8 Å². The molecule has 0 aliphatic carbocycles. The number of ether oxygens (including phenoxy) is 1. The molecule has 7 nitrogen and oxygen atoms in total. The van der Waals surface area contributed by atoms with E-state index in [0.717, 1.165) is 11.3 Å². The molecule has 1 aliphatic rings. The van der Waals surface area contributed by atoms with Gasteiger partial charge in [0.25, 0.3) is 0 Å². The molecule has 0 spiro atoms. The van der Waals surface area contributed by atoms with Crippen LogP contribution in [0.4, 0.5) is 9.93 Å². The highest BCUT2D eigenvalue weighted by molar-refractivity contribution is 7.15. The van der Waals surface area contributed by atoms with Gasteiger partial charge in [0.1, 0.15) is 0 Å². The van der Waals surface area contributed by atoms with Crippen molar-refractivity contribution in [3.63, 3.8) is 0 Å². The molecule has 2 aromatic rings. The second kappa shape index (κ2) is 9.66. The Morgan fingerprint density at radius 3 is 2.75 bits per heavy atom. The van der Waals surface area contributed by atoms with Gasteiger partial charge in [-0.1, -0.05) is 29.8 Å². The predicted octanol–water partition coefficient (Wildman–Crippen LogP) is 2.75. The summed E-state index contributed by atoms with van der Waals surface area (Å²) >= 11 is 1.50. The van der Waals surface area contributed by atoms with E-state index in [1.807, 2.05) is 11.1 Å². The number of hydrogen-bond acceptors (Lipinski definition) is 6. The molecule has 1 aromatic carbocycles. The molecule has 2 amide bonds. The van der Waals surface area contributed by atoms with E-state index in [0.29, 0.717) is 44.5 Å². The molecule has 1 N–H and O–H groups in total. The monoisotopic (exact) mass is 402 g/mol. The molecule has 2 heterocycles. The molecular weight excluding hydrogens is 376 g/mol. The smallest absolute Gasteiger partial charge is 0.409 e. The molecule has 1 saturated heterocycles. The van der Waals surface area contributed by atoms with E-state index in [-0.39, 0.29) is 12.0 Å². The summed E-state index contributed by atoms with van der Waals surface area (Å²) < 4.78 is 5.01. The first-order chi connectivity index (χ1) is 13.5. The summed E-state index contributed by atoms with van der Waals surface area (Å²) in [6.07, 6.45) is 2.35. The third kappa shape index (κ3) is 5.77. The van der Waals surface area contributed by atoms with E-state index in [1.54, 1.807) is 11.8 Å². The fourth-order valence-corrected chi connectivity index (χ4v) is 4.00. The molecule has 150 valence electrons. The molecular formula is C20H26N4O3S. The molecule has 0 unspecified atom stereocenters. The molecule has 0 bridgehead atoms. The second-order valence-electron chi connectivity index (χ2n) is 6.81. The van der Waals surface area contributed by atoms with E-state index in [2.05, 4.69) is 41.5 Å². The molecule has 0 saturated carbocycles. The van der Waals surface area contributed by atoms with E-state index in [9.17, 15) is 9.59 Å². The van der Waals surface area contributed by atoms with Gasteiger partial charge < -0.3 is 15.0 Å². The fraction of sp³-hybridized carbons (Fsp3) is 0.450. The largest absolute Gasteiger partial charge is 0.450 e. The minimum Gasteiger partial charge on any atom is -0.450 e. The van der Waals surface area contributed by atoms with Crippen molar-refractivity contribution in [2.75, 3.05) is 44.6 Å². The maximum atomic E-state index is 12.3. The molecule has 0 atom stereocenters. The number of nitrogens with zero attached hydrogens (tertiary/aromatic N) is 3. The zero-order valence-corrected chi connectivity index (χ0v) is 17.1. The van der Waals surface area contributed by atoms with Crippen molar-refractivity contribution in [2.24, 2.45) is 0 Å². The first-order valence-electron chi connectivity index (χ1n) is 9.47. The summed E-state index contributed by atoms with van der Waals surface area (Å²) in [5.41, 5.74) is 2.47. The van der Waals surface area contributed by atoms with Crippen LogP contribution in [0.2, 0.25) is 0 Å². The van der Waals surface area contributed by atoms with Crippen LogP contribution >= 0.6 is 11.3 Å². The summed E-state index contributed by atoms with van der Waals surface area (Å²) in [5.74, 6) is -0.0824. The first-order valence-corrected chi connectivity index (χ1v) is 10.3. The quantitative estimate of drug-likeness (QED) is 0.804. The van der Waals surface area contributed by atoms with E-state index < -0.39 is 0 Å². The lowest BCUT2D eigenvalue weighted by Gasteiger charge is -2.33. The number of carbonyl (C=O) groups is 2. The average molecular weight is 403 g/mol. The van der Waals surface area contributed by atoms with Crippen molar-refractivity contribution < 1.29 is 14.3 Å². The van der Waals surface area contributed by atoms with Crippen molar-refractivity contribution in [1.29, 1.82) is 0 Å². The molecule has 0 radical (unpaired) electrons. The fourth-order valence-electron chi connectivity index (χ4n) is 3.14. The number of hydrogen-bond donors (Lipinski definition) is 1. The number of aryl methyl sites for hydroxylation is 1. The highest BCUT2D eigenvalue weighted by Gasteiger charge is 2.23. The van der Waals surface area contributed by atoms with Crippen LogP contribution < -0.4 is 5.32 Å². The van der Waals surface area contributed by atoms with Crippen molar-refractivity contribution in [3.05, 3.63) is 46.5 Å². The Morgan fingerprint density at radius 2 is 2.04 bits per heavy atom. The van der Waals surface area contributed by atoms with Gasteiger partial charge in [-0.15, -0.1) is 11.3 Å². The Bertz CT molecular complexity index is 815. The third-order valence-corrected chi connectivity index (χ3v) is 5.44. The van der Waals surface area contributed by atoms with Crippen LogP contribution in [-0.2, 0) is 16.0 Å². The lowest BCUT2D eigenvalue weighted by Crippen LogP contribution is -2.50. The van der Waals surface area contributed by atoms with Crippen LogP contribution in [0.5, 0.6) is 0 Å². The minimum atomic E-state index is -0.282. The highest BCUT2D eigenvalue weighted by Crippen LogP contribution is 2.21. The summed E-state index contributed by atoms with van der Waals surface area (Å²) in [6, 6.07) is 8.39. The predicted molar refractivity (Wildman–Crippen MR) is 110 cm³/mol. The minimum absolute atomic E-state index is 0.0824. The number of benzene rings is 1. The van der Waals surface area contributed by atoms with Crippen LogP contribution in [0.3, 0.4) is 0 Å². The lowest BCUT2D eigenvalue weighted by molar-refractivity contribution is -0.117. The maximum Gasteiger partial charge on any atom is 0.409 e. The lowest BCUT2D eigenvalue weighted by atomic mass is 10.1. The number of anilines is 1. The molecule has 1 fully saturated rings. The molecule has 3 rings (SSSR count). The van der Waals surface area contributed by atoms with E-state index in [1.165, 1.54) is 22.5 Å². The Hall–Kier alpha value is -2.45. The summed E-state index contributed by atoms with van der Waals surface area (Å²) in [5, 5.41) is 3.51. The van der Waals surface area contributed by atoms with Gasteiger partial charge >= 0.3 is 6.09 Å². The van der Waals surface area contributed by atoms with E-state index in [4.69, 9.17) is 4.74 Å². The number of aromatic nitrogens is 1. The van der Waals surface area contributed by atoms with Gasteiger partial charge in [-0.25, -0.2) is 9.78 Å². The van der Waals surface area contributed by atoms with Gasteiger partial charge in [-0.3, -0.25) is 9.69 Å². The van der Waals surface area contributed by atoms with Gasteiger partial charge in [0.05, 0.1) is 13.2 Å².